The monoisotopic (exact) mass is 429 g/mol. The number of halogens is 2. The molecule has 0 spiro atoms. The largest absolute Gasteiger partial charge is 0.343 e. The molecule has 2 aromatic carbocycles. The van der Waals surface area contributed by atoms with E-state index in [-0.39, 0.29) is 23.8 Å². The first kappa shape index (κ1) is 22.1. The molecule has 1 unspecified atom stereocenters. The molecular weight excluding hydrogens is 408 g/mol. The highest BCUT2D eigenvalue weighted by molar-refractivity contribution is 6.03. The molecule has 162 valence electrons. The zero-order chi connectivity index (χ0) is 22.6. The van der Waals surface area contributed by atoms with Crippen LogP contribution in [0.2, 0.25) is 0 Å². The second-order valence-corrected chi connectivity index (χ2v) is 7.25. The number of hydrogen-bond acceptors (Lipinski definition) is 4. The van der Waals surface area contributed by atoms with Crippen molar-refractivity contribution in [2.24, 2.45) is 0 Å². The minimum Gasteiger partial charge on any atom is -0.343 e. The first-order valence-corrected chi connectivity index (χ1v) is 9.73. The highest BCUT2D eigenvalue weighted by Gasteiger charge is 2.42. The van der Waals surface area contributed by atoms with Crippen molar-refractivity contribution in [3.8, 4) is 0 Å². The maximum atomic E-state index is 13.6. The zero-order valence-corrected chi connectivity index (χ0v) is 16.8. The maximum Gasteiger partial charge on any atom is 0.254 e. The van der Waals surface area contributed by atoms with Gasteiger partial charge in [-0.2, -0.15) is 0 Å². The Balaban J connectivity index is 1.60. The SMILES string of the molecule is CCC1(c2ccc(NC(=O)CNC(=O)c3ccc(F)cc3F)cc2)CCC(=O)NC1=O. The molecule has 1 aliphatic rings. The fourth-order valence-electron chi connectivity index (χ4n) is 3.57. The third-order valence-electron chi connectivity index (χ3n) is 5.38. The van der Waals surface area contributed by atoms with Gasteiger partial charge in [0.1, 0.15) is 11.6 Å². The predicted molar refractivity (Wildman–Crippen MR) is 108 cm³/mol. The third-order valence-corrected chi connectivity index (χ3v) is 5.38. The minimum absolute atomic E-state index is 0.256. The number of carbonyl (C=O) groups excluding carboxylic acids is 4. The summed E-state index contributed by atoms with van der Waals surface area (Å²) in [5.74, 6) is -3.84. The van der Waals surface area contributed by atoms with E-state index < -0.39 is 35.4 Å². The van der Waals surface area contributed by atoms with Crippen LogP contribution in [0.3, 0.4) is 0 Å². The van der Waals surface area contributed by atoms with Crippen molar-refractivity contribution < 1.29 is 28.0 Å². The van der Waals surface area contributed by atoms with Crippen LogP contribution in [0.5, 0.6) is 0 Å². The molecule has 1 atom stereocenters. The minimum atomic E-state index is -1.02. The Kier molecular flexibility index (Phi) is 6.43. The van der Waals surface area contributed by atoms with Gasteiger partial charge in [0, 0.05) is 18.2 Å². The van der Waals surface area contributed by atoms with Crippen LogP contribution in [0.1, 0.15) is 42.1 Å². The van der Waals surface area contributed by atoms with E-state index in [1.54, 1.807) is 24.3 Å². The fourth-order valence-corrected chi connectivity index (χ4v) is 3.57. The van der Waals surface area contributed by atoms with E-state index in [9.17, 15) is 28.0 Å². The molecule has 4 amide bonds. The third kappa shape index (κ3) is 4.76. The number of imide groups is 1. The lowest BCUT2D eigenvalue weighted by molar-refractivity contribution is -0.138. The Morgan fingerprint density at radius 2 is 1.81 bits per heavy atom. The number of hydrogen-bond donors (Lipinski definition) is 3. The first-order valence-electron chi connectivity index (χ1n) is 9.73. The number of rotatable bonds is 6. The van der Waals surface area contributed by atoms with Crippen LogP contribution in [-0.4, -0.2) is 30.2 Å². The summed E-state index contributed by atoms with van der Waals surface area (Å²) in [6, 6.07) is 9.19. The van der Waals surface area contributed by atoms with Crippen LogP contribution in [0.4, 0.5) is 14.5 Å². The summed E-state index contributed by atoms with van der Waals surface area (Å²) in [5, 5.41) is 7.24. The van der Waals surface area contributed by atoms with E-state index in [2.05, 4.69) is 16.0 Å². The van der Waals surface area contributed by atoms with E-state index >= 15 is 0 Å². The van der Waals surface area contributed by atoms with Gasteiger partial charge in [-0.05, 0) is 42.7 Å². The summed E-state index contributed by atoms with van der Waals surface area (Å²) < 4.78 is 26.6. The lowest BCUT2D eigenvalue weighted by Gasteiger charge is -2.35. The Morgan fingerprint density at radius 3 is 2.42 bits per heavy atom. The van der Waals surface area contributed by atoms with Crippen molar-refractivity contribution in [1.82, 2.24) is 10.6 Å². The molecule has 0 aromatic heterocycles. The molecule has 1 aliphatic heterocycles. The van der Waals surface area contributed by atoms with Crippen LogP contribution < -0.4 is 16.0 Å². The molecule has 7 nitrogen and oxygen atoms in total. The summed E-state index contributed by atoms with van der Waals surface area (Å²) in [4.78, 5) is 48.0. The molecule has 0 aliphatic carbocycles. The van der Waals surface area contributed by atoms with Crippen molar-refractivity contribution in [2.75, 3.05) is 11.9 Å². The Hall–Kier alpha value is -3.62. The van der Waals surface area contributed by atoms with Crippen LogP contribution >= 0.6 is 0 Å². The van der Waals surface area contributed by atoms with Crippen molar-refractivity contribution in [3.63, 3.8) is 0 Å². The van der Waals surface area contributed by atoms with Gasteiger partial charge in [-0.15, -0.1) is 0 Å². The number of anilines is 1. The lowest BCUT2D eigenvalue weighted by Crippen LogP contribution is -2.51. The lowest BCUT2D eigenvalue weighted by atomic mass is 9.72. The van der Waals surface area contributed by atoms with E-state index in [1.807, 2.05) is 6.92 Å². The van der Waals surface area contributed by atoms with Gasteiger partial charge in [-0.25, -0.2) is 8.78 Å². The zero-order valence-electron chi connectivity index (χ0n) is 16.8. The first-order chi connectivity index (χ1) is 14.7. The average molecular weight is 429 g/mol. The fraction of sp³-hybridized carbons (Fsp3) is 0.273. The van der Waals surface area contributed by atoms with Gasteiger partial charge in [0.25, 0.3) is 5.91 Å². The van der Waals surface area contributed by atoms with Gasteiger partial charge in [0.15, 0.2) is 0 Å². The van der Waals surface area contributed by atoms with E-state index in [1.165, 1.54) is 0 Å². The summed E-state index contributed by atoms with van der Waals surface area (Å²) in [6.07, 6.45) is 1.18. The quantitative estimate of drug-likeness (QED) is 0.614. The normalized spacial score (nSPS) is 18.3. The predicted octanol–water partition coefficient (Wildman–Crippen LogP) is 2.42. The molecule has 0 saturated carbocycles. The van der Waals surface area contributed by atoms with Gasteiger partial charge in [-0.3, -0.25) is 24.5 Å². The van der Waals surface area contributed by atoms with Crippen molar-refractivity contribution in [3.05, 3.63) is 65.2 Å². The van der Waals surface area contributed by atoms with E-state index in [0.29, 0.717) is 24.6 Å². The van der Waals surface area contributed by atoms with Crippen LogP contribution in [0.25, 0.3) is 0 Å². The molecular formula is C22H21F2N3O4. The number of carbonyl (C=O) groups is 4. The van der Waals surface area contributed by atoms with Crippen LogP contribution in [0.15, 0.2) is 42.5 Å². The number of piperidine rings is 1. The summed E-state index contributed by atoms with van der Waals surface area (Å²) >= 11 is 0. The van der Waals surface area contributed by atoms with Gasteiger partial charge in [0.2, 0.25) is 17.7 Å². The number of amides is 4. The van der Waals surface area contributed by atoms with E-state index in [0.717, 1.165) is 17.7 Å². The average Bonchev–Trinajstić information content (AvgIpc) is 2.73. The van der Waals surface area contributed by atoms with Gasteiger partial charge < -0.3 is 10.6 Å². The van der Waals surface area contributed by atoms with Crippen LogP contribution in [0, 0.1) is 11.6 Å². The second kappa shape index (κ2) is 9.03. The Morgan fingerprint density at radius 1 is 1.10 bits per heavy atom. The van der Waals surface area contributed by atoms with Gasteiger partial charge in [0.05, 0.1) is 17.5 Å². The molecule has 31 heavy (non-hydrogen) atoms. The van der Waals surface area contributed by atoms with Crippen molar-refractivity contribution >= 4 is 29.3 Å². The topological polar surface area (TPSA) is 104 Å². The highest BCUT2D eigenvalue weighted by Crippen LogP contribution is 2.36. The molecule has 3 rings (SSSR count). The molecule has 1 heterocycles. The van der Waals surface area contributed by atoms with Crippen molar-refractivity contribution in [1.29, 1.82) is 0 Å². The molecule has 1 saturated heterocycles. The maximum absolute atomic E-state index is 13.6. The summed E-state index contributed by atoms with van der Waals surface area (Å²) in [7, 11) is 0. The highest BCUT2D eigenvalue weighted by atomic mass is 19.1. The molecule has 1 fully saturated rings. The van der Waals surface area contributed by atoms with E-state index in [4.69, 9.17) is 0 Å². The smallest absolute Gasteiger partial charge is 0.254 e. The van der Waals surface area contributed by atoms with Gasteiger partial charge in [-0.1, -0.05) is 19.1 Å². The summed E-state index contributed by atoms with van der Waals surface area (Å²) in [5.41, 5.74) is 0.00386. The molecule has 0 bridgehead atoms. The molecule has 0 radical (unpaired) electrons. The summed E-state index contributed by atoms with van der Waals surface area (Å²) in [6.45, 7) is 1.46. The Labute approximate surface area is 177 Å². The Bertz CT molecular complexity index is 1040. The molecule has 9 heteroatoms. The molecule has 3 N–H and O–H groups in total. The van der Waals surface area contributed by atoms with Crippen molar-refractivity contribution in [2.45, 2.75) is 31.6 Å². The van der Waals surface area contributed by atoms with Crippen LogP contribution in [-0.2, 0) is 19.8 Å². The van der Waals surface area contributed by atoms with Gasteiger partial charge >= 0.3 is 0 Å². The molecule has 2 aromatic rings. The number of benzene rings is 2. The number of nitrogens with one attached hydrogen (secondary N) is 3. The standard InChI is InChI=1S/C22H21F2N3O4/c1-2-22(10-9-18(28)27-21(22)31)13-3-6-15(7-4-13)26-19(29)12-25-20(30)16-8-5-14(23)11-17(16)24/h3-8,11H,2,9-10,12H2,1H3,(H,25,30)(H,26,29)(H,27,28,31). The second-order valence-electron chi connectivity index (χ2n) is 7.25.